The van der Waals surface area contributed by atoms with Gasteiger partial charge in [0.05, 0.1) is 13.2 Å². The lowest BCUT2D eigenvalue weighted by molar-refractivity contribution is -0.145. The molecule has 0 spiro atoms. The average Bonchev–Trinajstić information content (AvgIpc) is 2.76. The monoisotopic (exact) mass is 241 g/mol. The predicted molar refractivity (Wildman–Crippen MR) is 61.6 cm³/mol. The topological polar surface area (TPSA) is 66.2 Å². The fourth-order valence-corrected chi connectivity index (χ4v) is 1.59. The summed E-state index contributed by atoms with van der Waals surface area (Å²) in [5.41, 5.74) is 0. The van der Waals surface area contributed by atoms with Gasteiger partial charge in [0, 0.05) is 13.7 Å². The molecule has 0 aromatic carbocycles. The van der Waals surface area contributed by atoms with E-state index in [0.29, 0.717) is 32.0 Å². The number of carbonyl (C=O) groups is 1. The van der Waals surface area contributed by atoms with Crippen LogP contribution in [0.4, 0.5) is 0 Å². The summed E-state index contributed by atoms with van der Waals surface area (Å²) in [6, 6.07) is 0. The van der Waals surface area contributed by atoms with Crippen molar-refractivity contribution in [1.29, 1.82) is 0 Å². The fourth-order valence-electron chi connectivity index (χ4n) is 1.59. The Balaban J connectivity index is 2.80. The molecule has 6 nitrogen and oxygen atoms in total. The first-order valence-corrected chi connectivity index (χ1v) is 5.77. The van der Waals surface area contributed by atoms with Crippen LogP contribution in [-0.2, 0) is 20.8 Å². The number of aromatic nitrogens is 3. The molecular formula is C11H19N3O3. The van der Waals surface area contributed by atoms with Gasteiger partial charge in [-0.15, -0.1) is 10.2 Å². The quantitative estimate of drug-likeness (QED) is 0.666. The van der Waals surface area contributed by atoms with E-state index >= 15 is 0 Å². The van der Waals surface area contributed by atoms with Crippen molar-refractivity contribution in [3.05, 3.63) is 12.2 Å². The summed E-state index contributed by atoms with van der Waals surface area (Å²) in [6.07, 6.45) is 2.25. The first-order chi connectivity index (χ1) is 8.24. The Morgan fingerprint density at radius 3 is 2.88 bits per heavy atom. The first kappa shape index (κ1) is 13.6. The van der Waals surface area contributed by atoms with Gasteiger partial charge in [-0.2, -0.15) is 0 Å². The number of hydrogen-bond donors (Lipinski definition) is 0. The number of carbonyl (C=O) groups excluding carboxylic acids is 1. The van der Waals surface area contributed by atoms with E-state index in [4.69, 9.17) is 9.47 Å². The maximum absolute atomic E-state index is 11.8. The van der Waals surface area contributed by atoms with Crippen molar-refractivity contribution >= 4 is 5.97 Å². The molecule has 0 N–H and O–H groups in total. The smallest absolute Gasteiger partial charge is 0.316 e. The van der Waals surface area contributed by atoms with Gasteiger partial charge < -0.3 is 14.0 Å². The van der Waals surface area contributed by atoms with Crippen LogP contribution in [0.1, 0.15) is 32.0 Å². The van der Waals surface area contributed by atoms with E-state index in [1.54, 1.807) is 20.4 Å². The fraction of sp³-hybridized carbons (Fsp3) is 0.727. The van der Waals surface area contributed by atoms with E-state index < -0.39 is 0 Å². The molecule has 0 aliphatic carbocycles. The molecule has 1 atom stereocenters. The minimum Gasteiger partial charge on any atom is -0.465 e. The molecule has 0 saturated heterocycles. The van der Waals surface area contributed by atoms with Gasteiger partial charge in [-0.25, -0.2) is 0 Å². The summed E-state index contributed by atoms with van der Waals surface area (Å²) in [5, 5.41) is 7.84. The lowest BCUT2D eigenvalue weighted by Crippen LogP contribution is -2.20. The van der Waals surface area contributed by atoms with Crippen LogP contribution in [-0.4, -0.2) is 41.1 Å². The third-order valence-corrected chi connectivity index (χ3v) is 2.47. The van der Waals surface area contributed by atoms with Crippen molar-refractivity contribution in [3.63, 3.8) is 0 Å². The highest BCUT2D eigenvalue weighted by Crippen LogP contribution is 2.18. The molecule has 0 amide bonds. The summed E-state index contributed by atoms with van der Waals surface area (Å²) in [5.74, 6) is 0.0407. The number of nitrogens with zero attached hydrogens (tertiary/aromatic N) is 3. The zero-order valence-electron chi connectivity index (χ0n) is 10.5. The Bertz CT molecular complexity index is 351. The Morgan fingerprint density at radius 2 is 2.29 bits per heavy atom. The van der Waals surface area contributed by atoms with E-state index in [9.17, 15) is 4.79 Å². The van der Waals surface area contributed by atoms with Gasteiger partial charge >= 0.3 is 5.97 Å². The largest absolute Gasteiger partial charge is 0.465 e. The molecular weight excluding hydrogens is 222 g/mol. The molecule has 6 heteroatoms. The van der Waals surface area contributed by atoms with Crippen LogP contribution >= 0.6 is 0 Å². The number of methoxy groups -OCH3 is 1. The lowest BCUT2D eigenvalue weighted by Gasteiger charge is -2.14. The van der Waals surface area contributed by atoms with Gasteiger partial charge in [0.1, 0.15) is 18.1 Å². The van der Waals surface area contributed by atoms with Crippen molar-refractivity contribution in [2.24, 2.45) is 0 Å². The minimum atomic E-state index is -0.352. The average molecular weight is 241 g/mol. The highest BCUT2D eigenvalue weighted by molar-refractivity contribution is 5.76. The molecule has 0 fully saturated rings. The number of ether oxygens (including phenoxy) is 2. The molecule has 1 unspecified atom stereocenters. The third kappa shape index (κ3) is 3.52. The molecule has 1 aromatic heterocycles. The SMILES string of the molecule is CCOC(=O)C(CC)c1nncn1CCOC. The Morgan fingerprint density at radius 1 is 1.53 bits per heavy atom. The van der Waals surface area contributed by atoms with Crippen LogP contribution in [0.25, 0.3) is 0 Å². The normalized spacial score (nSPS) is 12.4. The molecule has 0 saturated carbocycles. The van der Waals surface area contributed by atoms with Gasteiger partial charge in [0.15, 0.2) is 0 Å². The summed E-state index contributed by atoms with van der Waals surface area (Å²) in [6.45, 7) is 5.29. The molecule has 0 aliphatic rings. The van der Waals surface area contributed by atoms with Gasteiger partial charge in [0.25, 0.3) is 0 Å². The maximum Gasteiger partial charge on any atom is 0.316 e. The molecule has 96 valence electrons. The predicted octanol–water partition coefficient (Wildman–Crippen LogP) is 0.981. The van der Waals surface area contributed by atoms with Gasteiger partial charge in [0.2, 0.25) is 0 Å². The van der Waals surface area contributed by atoms with Crippen molar-refractivity contribution in [2.75, 3.05) is 20.3 Å². The lowest BCUT2D eigenvalue weighted by atomic mass is 10.1. The second kappa shape index (κ2) is 7.01. The molecule has 17 heavy (non-hydrogen) atoms. The Hall–Kier alpha value is -1.43. The summed E-state index contributed by atoms with van der Waals surface area (Å²) in [7, 11) is 1.63. The molecule has 1 heterocycles. The van der Waals surface area contributed by atoms with Gasteiger partial charge in [-0.3, -0.25) is 4.79 Å². The van der Waals surface area contributed by atoms with Crippen LogP contribution < -0.4 is 0 Å². The Labute approximate surface area is 101 Å². The zero-order chi connectivity index (χ0) is 12.7. The number of rotatable bonds is 7. The second-order valence-corrected chi connectivity index (χ2v) is 3.59. The van der Waals surface area contributed by atoms with Crippen LogP contribution in [0.3, 0.4) is 0 Å². The molecule has 0 bridgehead atoms. The van der Waals surface area contributed by atoms with Crippen molar-refractivity contribution in [3.8, 4) is 0 Å². The zero-order valence-corrected chi connectivity index (χ0v) is 10.5. The highest BCUT2D eigenvalue weighted by Gasteiger charge is 2.25. The summed E-state index contributed by atoms with van der Waals surface area (Å²) in [4.78, 5) is 11.8. The van der Waals surface area contributed by atoms with E-state index in [2.05, 4.69) is 10.2 Å². The van der Waals surface area contributed by atoms with Crippen LogP contribution in [0.5, 0.6) is 0 Å². The van der Waals surface area contributed by atoms with Gasteiger partial charge in [-0.05, 0) is 13.3 Å². The third-order valence-electron chi connectivity index (χ3n) is 2.47. The summed E-state index contributed by atoms with van der Waals surface area (Å²) < 4.78 is 11.9. The Kier molecular flexibility index (Phi) is 5.62. The number of hydrogen-bond acceptors (Lipinski definition) is 5. The van der Waals surface area contributed by atoms with Crippen LogP contribution in [0, 0.1) is 0 Å². The first-order valence-electron chi connectivity index (χ1n) is 5.77. The van der Waals surface area contributed by atoms with E-state index in [0.717, 1.165) is 0 Å². The standard InChI is InChI=1S/C11H19N3O3/c1-4-9(11(15)17-5-2)10-13-12-8-14(10)6-7-16-3/h8-9H,4-7H2,1-3H3. The summed E-state index contributed by atoms with van der Waals surface area (Å²) >= 11 is 0. The minimum absolute atomic E-state index is 0.248. The molecule has 1 rings (SSSR count). The van der Waals surface area contributed by atoms with Gasteiger partial charge in [-0.1, -0.05) is 6.92 Å². The van der Waals surface area contributed by atoms with Crippen LogP contribution in [0.15, 0.2) is 6.33 Å². The second-order valence-electron chi connectivity index (χ2n) is 3.59. The van der Waals surface area contributed by atoms with E-state index in [-0.39, 0.29) is 11.9 Å². The molecule has 0 aliphatic heterocycles. The molecule has 1 aromatic rings. The molecule has 0 radical (unpaired) electrons. The van der Waals surface area contributed by atoms with E-state index in [1.807, 2.05) is 11.5 Å². The van der Waals surface area contributed by atoms with E-state index in [1.165, 1.54) is 0 Å². The maximum atomic E-state index is 11.8. The van der Waals surface area contributed by atoms with Crippen molar-refractivity contribution < 1.29 is 14.3 Å². The van der Waals surface area contributed by atoms with Crippen molar-refractivity contribution in [2.45, 2.75) is 32.7 Å². The highest BCUT2D eigenvalue weighted by atomic mass is 16.5. The number of esters is 1. The van der Waals surface area contributed by atoms with Crippen molar-refractivity contribution in [1.82, 2.24) is 14.8 Å². The van der Waals surface area contributed by atoms with Crippen LogP contribution in [0.2, 0.25) is 0 Å².